The molecule has 0 saturated carbocycles. The number of H-pyrrole nitrogens is 1. The highest BCUT2D eigenvalue weighted by Crippen LogP contribution is 2.24. The van der Waals surface area contributed by atoms with E-state index in [2.05, 4.69) is 38.6 Å². The molecule has 132 valence electrons. The first-order valence-corrected chi connectivity index (χ1v) is 9.05. The fraction of sp³-hybridized carbons (Fsp3) is 0.350. The Morgan fingerprint density at radius 1 is 1.23 bits per heavy atom. The zero-order valence-corrected chi connectivity index (χ0v) is 14.9. The summed E-state index contributed by atoms with van der Waals surface area (Å²) in [5.41, 5.74) is 6.57. The van der Waals surface area contributed by atoms with E-state index in [0.717, 1.165) is 67.0 Å². The molecule has 1 aromatic carbocycles. The van der Waals surface area contributed by atoms with Gasteiger partial charge >= 0.3 is 0 Å². The molecule has 3 aromatic rings. The molecule has 26 heavy (non-hydrogen) atoms. The fourth-order valence-electron chi connectivity index (χ4n) is 3.70. The number of hydrogen-bond donors (Lipinski definition) is 3. The van der Waals surface area contributed by atoms with Crippen LogP contribution in [0.5, 0.6) is 0 Å². The lowest BCUT2D eigenvalue weighted by Crippen LogP contribution is -2.16. The first kappa shape index (κ1) is 16.6. The monoisotopic (exact) mass is 346 g/mol. The van der Waals surface area contributed by atoms with Gasteiger partial charge in [-0.05, 0) is 50.1 Å². The Hall–Kier alpha value is -2.91. The van der Waals surface area contributed by atoms with Crippen LogP contribution in [0, 0.1) is 18.3 Å². The summed E-state index contributed by atoms with van der Waals surface area (Å²) in [5, 5.41) is 17.2. The number of nitriles is 1. The molecular formula is C20H22N6. The molecule has 0 fully saturated rings. The Morgan fingerprint density at radius 3 is 3.00 bits per heavy atom. The van der Waals surface area contributed by atoms with Gasteiger partial charge in [0.2, 0.25) is 0 Å². The average molecular weight is 346 g/mol. The highest BCUT2D eigenvalue weighted by atomic mass is 15.0. The van der Waals surface area contributed by atoms with Crippen molar-refractivity contribution in [1.29, 1.82) is 5.26 Å². The third kappa shape index (κ3) is 3.14. The van der Waals surface area contributed by atoms with Gasteiger partial charge in [0.15, 0.2) is 0 Å². The lowest BCUT2D eigenvalue weighted by Gasteiger charge is -2.12. The van der Waals surface area contributed by atoms with Crippen molar-refractivity contribution >= 4 is 16.7 Å². The quantitative estimate of drug-likeness (QED) is 0.675. The predicted molar refractivity (Wildman–Crippen MR) is 102 cm³/mol. The van der Waals surface area contributed by atoms with E-state index < -0.39 is 0 Å². The summed E-state index contributed by atoms with van der Waals surface area (Å²) in [6.45, 7) is 4.82. The van der Waals surface area contributed by atoms with E-state index in [4.69, 9.17) is 5.26 Å². The molecule has 6 heteroatoms. The lowest BCUT2D eigenvalue weighted by molar-refractivity contribution is 0.708. The summed E-state index contributed by atoms with van der Waals surface area (Å²) in [6, 6.07) is 8.03. The van der Waals surface area contributed by atoms with Gasteiger partial charge in [-0.3, -0.25) is 0 Å². The molecule has 0 aliphatic carbocycles. The van der Waals surface area contributed by atoms with Gasteiger partial charge in [-0.15, -0.1) is 0 Å². The molecule has 1 aliphatic rings. The molecule has 6 nitrogen and oxygen atoms in total. The topological polar surface area (TPSA) is 89.4 Å². The van der Waals surface area contributed by atoms with E-state index in [1.165, 1.54) is 11.1 Å². The highest BCUT2D eigenvalue weighted by molar-refractivity contribution is 5.86. The molecule has 3 N–H and O–H groups in total. The Morgan fingerprint density at radius 2 is 2.12 bits per heavy atom. The van der Waals surface area contributed by atoms with Crippen molar-refractivity contribution in [2.75, 3.05) is 25.0 Å². The number of aromatic amines is 1. The largest absolute Gasteiger partial charge is 0.369 e. The maximum atomic E-state index is 9.16. The number of aromatic nitrogens is 3. The fourth-order valence-corrected chi connectivity index (χ4v) is 3.70. The van der Waals surface area contributed by atoms with Gasteiger partial charge in [0.05, 0.1) is 17.3 Å². The van der Waals surface area contributed by atoms with E-state index >= 15 is 0 Å². The van der Waals surface area contributed by atoms with Crippen LogP contribution in [-0.4, -0.2) is 34.6 Å². The number of aryl methyl sites for hydroxylation is 1. The number of fused-ring (bicyclic) bond motifs is 2. The smallest absolute Gasteiger partial charge is 0.132 e. The Labute approximate surface area is 152 Å². The van der Waals surface area contributed by atoms with Crippen LogP contribution in [0.3, 0.4) is 0 Å². The Bertz CT molecular complexity index is 982. The maximum absolute atomic E-state index is 9.16. The lowest BCUT2D eigenvalue weighted by atomic mass is 10.1. The van der Waals surface area contributed by atoms with Crippen LogP contribution in [0.1, 0.15) is 28.1 Å². The molecule has 0 atom stereocenters. The second-order valence-electron chi connectivity index (χ2n) is 6.68. The van der Waals surface area contributed by atoms with Crippen LogP contribution in [0.2, 0.25) is 0 Å². The van der Waals surface area contributed by atoms with Gasteiger partial charge in [0.1, 0.15) is 12.1 Å². The van der Waals surface area contributed by atoms with Crippen LogP contribution < -0.4 is 10.6 Å². The van der Waals surface area contributed by atoms with Gasteiger partial charge < -0.3 is 15.6 Å². The second-order valence-corrected chi connectivity index (χ2v) is 6.68. The molecule has 4 rings (SSSR count). The van der Waals surface area contributed by atoms with Crippen LogP contribution >= 0.6 is 0 Å². The molecule has 0 spiro atoms. The van der Waals surface area contributed by atoms with Gasteiger partial charge in [-0.25, -0.2) is 9.97 Å². The van der Waals surface area contributed by atoms with E-state index in [9.17, 15) is 0 Å². The summed E-state index contributed by atoms with van der Waals surface area (Å²) in [4.78, 5) is 12.3. The van der Waals surface area contributed by atoms with Gasteiger partial charge in [-0.2, -0.15) is 5.26 Å². The third-order valence-corrected chi connectivity index (χ3v) is 5.04. The summed E-state index contributed by atoms with van der Waals surface area (Å²) >= 11 is 0. The van der Waals surface area contributed by atoms with Crippen molar-refractivity contribution in [2.24, 2.45) is 0 Å². The van der Waals surface area contributed by atoms with Crippen LogP contribution in [0.4, 0.5) is 5.82 Å². The van der Waals surface area contributed by atoms with Crippen LogP contribution in [-0.2, 0) is 19.3 Å². The number of benzene rings is 1. The Kier molecular flexibility index (Phi) is 4.55. The van der Waals surface area contributed by atoms with E-state index in [1.54, 1.807) is 6.33 Å². The molecule has 0 bridgehead atoms. The number of hydrogen-bond acceptors (Lipinski definition) is 5. The molecule has 0 radical (unpaired) electrons. The molecule has 0 amide bonds. The molecular weight excluding hydrogens is 324 g/mol. The second kappa shape index (κ2) is 7.14. The minimum atomic E-state index is 0.694. The van der Waals surface area contributed by atoms with E-state index in [1.807, 2.05) is 18.2 Å². The summed E-state index contributed by atoms with van der Waals surface area (Å²) < 4.78 is 0. The van der Waals surface area contributed by atoms with Gasteiger partial charge in [0, 0.05) is 41.7 Å². The van der Waals surface area contributed by atoms with Crippen molar-refractivity contribution in [1.82, 2.24) is 20.3 Å². The highest BCUT2D eigenvalue weighted by Gasteiger charge is 2.14. The average Bonchev–Trinajstić information content (AvgIpc) is 2.83. The number of nitrogens with one attached hydrogen (secondary N) is 3. The number of nitrogens with zero attached hydrogens (tertiary/aromatic N) is 3. The maximum Gasteiger partial charge on any atom is 0.132 e. The molecule has 1 aliphatic heterocycles. The standard InChI is InChI=1S/C20H22N6/c1-13-15(17-10-14(11-21)2-3-19(17)26-13)5-9-23-20-16-4-7-22-8-6-18(16)24-12-25-20/h2-3,10,12,22,26H,4-9H2,1H3,(H,23,24,25). The van der Waals surface area contributed by atoms with Crippen LogP contribution in [0.25, 0.3) is 10.9 Å². The van der Waals surface area contributed by atoms with Crippen molar-refractivity contribution < 1.29 is 0 Å². The van der Waals surface area contributed by atoms with Gasteiger partial charge in [0.25, 0.3) is 0 Å². The molecule has 3 heterocycles. The SMILES string of the molecule is Cc1[nH]c2ccc(C#N)cc2c1CCNc1ncnc2c1CCNCC2. The first-order chi connectivity index (χ1) is 12.8. The molecule has 0 saturated heterocycles. The number of rotatable bonds is 4. The normalized spacial score (nSPS) is 13.8. The molecule has 2 aromatic heterocycles. The minimum absolute atomic E-state index is 0.694. The van der Waals surface area contributed by atoms with Crippen LogP contribution in [0.15, 0.2) is 24.5 Å². The van der Waals surface area contributed by atoms with E-state index in [-0.39, 0.29) is 0 Å². The van der Waals surface area contributed by atoms with Crippen molar-refractivity contribution in [3.63, 3.8) is 0 Å². The summed E-state index contributed by atoms with van der Waals surface area (Å²) in [5.74, 6) is 0.953. The van der Waals surface area contributed by atoms with Crippen molar-refractivity contribution in [2.45, 2.75) is 26.2 Å². The van der Waals surface area contributed by atoms with Gasteiger partial charge in [-0.1, -0.05) is 0 Å². The predicted octanol–water partition coefficient (Wildman–Crippen LogP) is 2.48. The van der Waals surface area contributed by atoms with E-state index in [0.29, 0.717) is 5.56 Å². The third-order valence-electron chi connectivity index (χ3n) is 5.04. The Balaban J connectivity index is 1.53. The summed E-state index contributed by atoms with van der Waals surface area (Å²) in [6.07, 6.45) is 4.43. The summed E-state index contributed by atoms with van der Waals surface area (Å²) in [7, 11) is 0. The first-order valence-electron chi connectivity index (χ1n) is 9.05. The van der Waals surface area contributed by atoms with Crippen molar-refractivity contribution in [3.8, 4) is 6.07 Å². The van der Waals surface area contributed by atoms with Crippen molar-refractivity contribution in [3.05, 3.63) is 52.6 Å². The number of anilines is 1. The zero-order chi connectivity index (χ0) is 17.9. The molecule has 0 unspecified atom stereocenters. The minimum Gasteiger partial charge on any atom is -0.369 e. The zero-order valence-electron chi connectivity index (χ0n) is 14.9.